The predicted molar refractivity (Wildman–Crippen MR) is 86.9 cm³/mol. The molecule has 1 saturated heterocycles. The summed E-state index contributed by atoms with van der Waals surface area (Å²) >= 11 is 5.14. The fraction of sp³-hybridized carbons (Fsp3) is 0.500. The summed E-state index contributed by atoms with van der Waals surface area (Å²) in [7, 11) is 0. The maximum absolute atomic E-state index is 12.6. The van der Waals surface area contributed by atoms with Crippen LogP contribution in [0.25, 0.3) is 0 Å². The van der Waals surface area contributed by atoms with Crippen LogP contribution in [0.5, 0.6) is 0 Å². The molecule has 1 aromatic rings. The van der Waals surface area contributed by atoms with Crippen LogP contribution in [0.1, 0.15) is 30.9 Å². The normalized spacial score (nSPS) is 17.2. The topological polar surface area (TPSA) is 64.4 Å². The fourth-order valence-electron chi connectivity index (χ4n) is 2.72. The minimum absolute atomic E-state index is 0.0794. The van der Waals surface area contributed by atoms with Gasteiger partial charge in [0.15, 0.2) is 0 Å². The predicted octanol–water partition coefficient (Wildman–Crippen LogP) is 1.95. The van der Waals surface area contributed by atoms with Crippen LogP contribution in [0, 0.1) is 5.41 Å². The molecule has 21 heavy (non-hydrogen) atoms. The van der Waals surface area contributed by atoms with Gasteiger partial charge in [0.25, 0.3) is 0 Å². The van der Waals surface area contributed by atoms with E-state index >= 15 is 0 Å². The number of benzene rings is 1. The molecule has 0 radical (unpaired) electrons. The van der Waals surface area contributed by atoms with Gasteiger partial charge in [0.2, 0.25) is 5.91 Å². The molecule has 1 aliphatic rings. The van der Waals surface area contributed by atoms with E-state index in [4.69, 9.17) is 22.7 Å². The Balaban J connectivity index is 2.07. The van der Waals surface area contributed by atoms with Gasteiger partial charge in [0.05, 0.1) is 4.99 Å². The molecular weight excluding hydrogens is 284 g/mol. The molecule has 1 heterocycles. The molecule has 4 nitrogen and oxygen atoms in total. The van der Waals surface area contributed by atoms with Crippen LogP contribution in [-0.2, 0) is 22.5 Å². The SMILES string of the molecule is CCc1ccccc1CNC(=O)C1(C(N)=S)CCOCC1. The number of hydrogen-bond donors (Lipinski definition) is 2. The largest absolute Gasteiger partial charge is 0.392 e. The number of nitrogens with one attached hydrogen (secondary N) is 1. The second-order valence-electron chi connectivity index (χ2n) is 5.36. The van der Waals surface area contributed by atoms with Crippen molar-refractivity contribution in [3.05, 3.63) is 35.4 Å². The van der Waals surface area contributed by atoms with Crippen molar-refractivity contribution in [2.45, 2.75) is 32.7 Å². The quantitative estimate of drug-likeness (QED) is 0.816. The Morgan fingerprint density at radius 3 is 2.52 bits per heavy atom. The lowest BCUT2D eigenvalue weighted by Crippen LogP contribution is -2.51. The van der Waals surface area contributed by atoms with Crippen LogP contribution in [0.2, 0.25) is 0 Å². The van der Waals surface area contributed by atoms with Crippen molar-refractivity contribution in [3.63, 3.8) is 0 Å². The van der Waals surface area contributed by atoms with Crippen molar-refractivity contribution < 1.29 is 9.53 Å². The van der Waals surface area contributed by atoms with Crippen molar-refractivity contribution in [2.75, 3.05) is 13.2 Å². The average molecular weight is 306 g/mol. The third kappa shape index (κ3) is 3.41. The average Bonchev–Trinajstić information content (AvgIpc) is 2.53. The molecule has 5 heteroatoms. The minimum atomic E-state index is -0.755. The number of thiocarbonyl (C=S) groups is 1. The number of nitrogens with two attached hydrogens (primary N) is 1. The van der Waals surface area contributed by atoms with Gasteiger partial charge in [-0.1, -0.05) is 43.4 Å². The van der Waals surface area contributed by atoms with Gasteiger partial charge in [-0.15, -0.1) is 0 Å². The van der Waals surface area contributed by atoms with E-state index < -0.39 is 5.41 Å². The Morgan fingerprint density at radius 1 is 1.33 bits per heavy atom. The molecule has 0 bridgehead atoms. The third-order valence-electron chi connectivity index (χ3n) is 4.19. The lowest BCUT2D eigenvalue weighted by atomic mass is 9.79. The van der Waals surface area contributed by atoms with Gasteiger partial charge in [0.1, 0.15) is 5.41 Å². The van der Waals surface area contributed by atoms with Crippen molar-refractivity contribution in [1.82, 2.24) is 5.32 Å². The van der Waals surface area contributed by atoms with Crippen LogP contribution >= 0.6 is 12.2 Å². The molecule has 0 unspecified atom stereocenters. The number of carbonyl (C=O) groups excluding carboxylic acids is 1. The first-order valence-corrected chi connectivity index (χ1v) is 7.73. The van der Waals surface area contributed by atoms with E-state index in [1.54, 1.807) is 0 Å². The zero-order valence-corrected chi connectivity index (χ0v) is 13.2. The first kappa shape index (κ1) is 15.9. The zero-order valence-electron chi connectivity index (χ0n) is 12.4. The minimum Gasteiger partial charge on any atom is -0.392 e. The van der Waals surface area contributed by atoms with Gasteiger partial charge < -0.3 is 15.8 Å². The summed E-state index contributed by atoms with van der Waals surface area (Å²) in [5, 5.41) is 3.00. The summed E-state index contributed by atoms with van der Waals surface area (Å²) in [6.07, 6.45) is 2.06. The van der Waals surface area contributed by atoms with Gasteiger partial charge in [-0.2, -0.15) is 0 Å². The fourth-order valence-corrected chi connectivity index (χ4v) is 3.02. The number of ether oxygens (including phenoxy) is 1. The standard InChI is InChI=1S/C16H22N2O2S/c1-2-12-5-3-4-6-13(12)11-18-15(19)16(14(17)21)7-9-20-10-8-16/h3-6H,2,7-11H2,1H3,(H2,17,21)(H,18,19). The molecule has 0 aromatic heterocycles. The molecule has 1 amide bonds. The van der Waals surface area contributed by atoms with E-state index in [1.807, 2.05) is 18.2 Å². The number of rotatable bonds is 5. The monoisotopic (exact) mass is 306 g/mol. The van der Waals surface area contributed by atoms with Crippen molar-refractivity contribution in [3.8, 4) is 0 Å². The Bertz CT molecular complexity index is 525. The van der Waals surface area contributed by atoms with E-state index in [-0.39, 0.29) is 10.9 Å². The molecular formula is C16H22N2O2S. The van der Waals surface area contributed by atoms with E-state index in [0.717, 1.165) is 12.0 Å². The van der Waals surface area contributed by atoms with Crippen molar-refractivity contribution >= 4 is 23.1 Å². The highest BCUT2D eigenvalue weighted by Crippen LogP contribution is 2.31. The second-order valence-corrected chi connectivity index (χ2v) is 5.80. The Labute approximate surface area is 131 Å². The Morgan fingerprint density at radius 2 is 1.95 bits per heavy atom. The summed E-state index contributed by atoms with van der Waals surface area (Å²) in [4.78, 5) is 12.9. The highest BCUT2D eigenvalue weighted by molar-refractivity contribution is 7.80. The highest BCUT2D eigenvalue weighted by Gasteiger charge is 2.42. The molecule has 1 fully saturated rings. The molecule has 0 aliphatic carbocycles. The second kappa shape index (κ2) is 7.00. The van der Waals surface area contributed by atoms with Gasteiger partial charge in [-0.05, 0) is 30.4 Å². The number of aryl methyl sites for hydroxylation is 1. The molecule has 1 aromatic carbocycles. The third-order valence-corrected chi connectivity index (χ3v) is 4.58. The molecule has 114 valence electrons. The smallest absolute Gasteiger partial charge is 0.233 e. The maximum atomic E-state index is 12.6. The summed E-state index contributed by atoms with van der Waals surface area (Å²) in [6.45, 7) is 3.66. The highest BCUT2D eigenvalue weighted by atomic mass is 32.1. The van der Waals surface area contributed by atoms with Crippen LogP contribution < -0.4 is 11.1 Å². The zero-order chi connectivity index (χ0) is 15.3. The lowest BCUT2D eigenvalue weighted by molar-refractivity contribution is -0.131. The number of amides is 1. The van der Waals surface area contributed by atoms with Gasteiger partial charge in [-0.25, -0.2) is 0 Å². The Kier molecular flexibility index (Phi) is 5.31. The van der Waals surface area contributed by atoms with Crippen LogP contribution in [0.4, 0.5) is 0 Å². The Hall–Kier alpha value is -1.46. The van der Waals surface area contributed by atoms with Gasteiger partial charge in [0, 0.05) is 19.8 Å². The van der Waals surface area contributed by atoms with Crippen molar-refractivity contribution in [2.24, 2.45) is 11.1 Å². The lowest BCUT2D eigenvalue weighted by Gasteiger charge is -2.34. The molecule has 0 atom stereocenters. The van der Waals surface area contributed by atoms with E-state index in [2.05, 4.69) is 18.3 Å². The number of carbonyl (C=O) groups is 1. The van der Waals surface area contributed by atoms with Crippen LogP contribution in [0.15, 0.2) is 24.3 Å². The first-order valence-electron chi connectivity index (χ1n) is 7.33. The van der Waals surface area contributed by atoms with Crippen LogP contribution in [-0.4, -0.2) is 24.1 Å². The molecule has 3 N–H and O–H groups in total. The maximum Gasteiger partial charge on any atom is 0.233 e. The molecule has 2 rings (SSSR count). The first-order chi connectivity index (χ1) is 10.1. The van der Waals surface area contributed by atoms with Crippen molar-refractivity contribution in [1.29, 1.82) is 0 Å². The van der Waals surface area contributed by atoms with Gasteiger partial charge in [-0.3, -0.25) is 4.79 Å². The number of hydrogen-bond acceptors (Lipinski definition) is 3. The summed E-state index contributed by atoms with van der Waals surface area (Å²) in [5.41, 5.74) is 7.47. The molecule has 0 saturated carbocycles. The summed E-state index contributed by atoms with van der Waals surface area (Å²) in [6, 6.07) is 8.12. The molecule has 1 aliphatic heterocycles. The van der Waals surface area contributed by atoms with E-state index in [9.17, 15) is 4.79 Å². The van der Waals surface area contributed by atoms with Crippen LogP contribution in [0.3, 0.4) is 0 Å². The van der Waals surface area contributed by atoms with E-state index in [0.29, 0.717) is 32.6 Å². The van der Waals surface area contributed by atoms with E-state index in [1.165, 1.54) is 5.56 Å². The summed E-state index contributed by atoms with van der Waals surface area (Å²) < 4.78 is 5.33. The molecule has 0 spiro atoms. The van der Waals surface area contributed by atoms with Gasteiger partial charge >= 0.3 is 0 Å². The summed E-state index contributed by atoms with van der Waals surface area (Å²) in [5.74, 6) is -0.0794.